The number of amides is 1. The molecule has 0 unspecified atom stereocenters. The average Bonchev–Trinajstić information content (AvgIpc) is 3.22. The maximum Gasteiger partial charge on any atom is 0.261 e. The van der Waals surface area contributed by atoms with Gasteiger partial charge in [0.2, 0.25) is 0 Å². The second-order valence-electron chi connectivity index (χ2n) is 5.41. The molecule has 5 nitrogen and oxygen atoms in total. The Balaban J connectivity index is 1.57. The number of nitrogens with one attached hydrogen (secondary N) is 1. The van der Waals surface area contributed by atoms with Gasteiger partial charge in [-0.05, 0) is 36.6 Å². The number of rotatable bonds is 6. The van der Waals surface area contributed by atoms with Crippen molar-refractivity contribution in [3.8, 4) is 16.3 Å². The van der Waals surface area contributed by atoms with Gasteiger partial charge in [0, 0.05) is 7.05 Å². The molecule has 1 atom stereocenters. The van der Waals surface area contributed by atoms with E-state index in [1.165, 1.54) is 0 Å². The summed E-state index contributed by atoms with van der Waals surface area (Å²) in [7, 11) is 1.90. The largest absolute Gasteiger partial charge is 0.481 e. The number of carbonyl (C=O) groups is 1. The van der Waals surface area contributed by atoms with Crippen LogP contribution in [0.5, 0.6) is 5.75 Å². The van der Waals surface area contributed by atoms with Gasteiger partial charge in [-0.1, -0.05) is 24.3 Å². The van der Waals surface area contributed by atoms with E-state index in [9.17, 15) is 4.79 Å². The predicted molar refractivity (Wildman–Crippen MR) is 94.9 cm³/mol. The lowest BCUT2D eigenvalue weighted by Crippen LogP contribution is -2.36. The van der Waals surface area contributed by atoms with E-state index in [2.05, 4.69) is 16.5 Å². The van der Waals surface area contributed by atoms with Crippen LogP contribution in [0.3, 0.4) is 0 Å². The van der Waals surface area contributed by atoms with Crippen molar-refractivity contribution >= 4 is 17.2 Å². The molecular formula is C18H19N3O2S. The van der Waals surface area contributed by atoms with Gasteiger partial charge in [0.15, 0.2) is 6.10 Å². The molecule has 0 bridgehead atoms. The van der Waals surface area contributed by atoms with Crippen LogP contribution in [-0.4, -0.2) is 21.8 Å². The van der Waals surface area contributed by atoms with Crippen LogP contribution in [0.2, 0.25) is 0 Å². The number of nitrogens with zero attached hydrogens (tertiary/aromatic N) is 2. The summed E-state index contributed by atoms with van der Waals surface area (Å²) < 4.78 is 7.45. The fourth-order valence-electron chi connectivity index (χ4n) is 2.35. The Morgan fingerprint density at radius 1 is 1.29 bits per heavy atom. The standard InChI is InChI=1S/C18H19N3O2S/c1-13(23-15-7-4-3-5-8-15)18(22)19-12-14-11-16(21(2)20-14)17-9-6-10-24-17/h3-11,13H,12H2,1-2H3,(H,19,22)/t13-/m0/s1. The lowest BCUT2D eigenvalue weighted by Gasteiger charge is -2.14. The van der Waals surface area contributed by atoms with Gasteiger partial charge < -0.3 is 10.1 Å². The van der Waals surface area contributed by atoms with Crippen LogP contribution in [0.15, 0.2) is 53.9 Å². The monoisotopic (exact) mass is 341 g/mol. The fraction of sp³-hybridized carbons (Fsp3) is 0.222. The zero-order valence-corrected chi connectivity index (χ0v) is 14.4. The highest BCUT2D eigenvalue weighted by Crippen LogP contribution is 2.24. The van der Waals surface area contributed by atoms with Gasteiger partial charge in [-0.2, -0.15) is 5.10 Å². The number of thiophene rings is 1. The topological polar surface area (TPSA) is 56.1 Å². The van der Waals surface area contributed by atoms with Crippen molar-refractivity contribution in [2.45, 2.75) is 19.6 Å². The molecule has 0 aliphatic rings. The maximum atomic E-state index is 12.2. The Morgan fingerprint density at radius 3 is 2.79 bits per heavy atom. The van der Waals surface area contributed by atoms with Gasteiger partial charge >= 0.3 is 0 Å². The van der Waals surface area contributed by atoms with Crippen LogP contribution in [0, 0.1) is 0 Å². The highest BCUT2D eigenvalue weighted by molar-refractivity contribution is 7.13. The maximum absolute atomic E-state index is 12.2. The molecule has 3 aromatic rings. The van der Waals surface area contributed by atoms with E-state index >= 15 is 0 Å². The molecule has 0 aliphatic carbocycles. The Hall–Kier alpha value is -2.60. The molecule has 0 saturated carbocycles. The third-order valence-electron chi connectivity index (χ3n) is 3.57. The van der Waals surface area contributed by atoms with Crippen molar-refractivity contribution in [1.82, 2.24) is 15.1 Å². The van der Waals surface area contributed by atoms with Crippen LogP contribution < -0.4 is 10.1 Å². The molecule has 24 heavy (non-hydrogen) atoms. The molecule has 6 heteroatoms. The fourth-order valence-corrected chi connectivity index (χ4v) is 3.12. The van der Waals surface area contributed by atoms with Crippen molar-refractivity contribution in [2.75, 3.05) is 0 Å². The smallest absolute Gasteiger partial charge is 0.261 e. The van der Waals surface area contributed by atoms with Gasteiger partial charge in [0.05, 0.1) is 22.8 Å². The third kappa shape index (κ3) is 3.83. The van der Waals surface area contributed by atoms with Crippen molar-refractivity contribution in [3.05, 3.63) is 59.6 Å². The Kier molecular flexibility index (Phi) is 4.96. The zero-order valence-electron chi connectivity index (χ0n) is 13.6. The van der Waals surface area contributed by atoms with E-state index in [4.69, 9.17) is 4.74 Å². The summed E-state index contributed by atoms with van der Waals surface area (Å²) in [6.45, 7) is 2.11. The lowest BCUT2D eigenvalue weighted by atomic mass is 10.3. The zero-order chi connectivity index (χ0) is 16.9. The first-order valence-electron chi connectivity index (χ1n) is 7.69. The molecule has 0 saturated heterocycles. The van der Waals surface area contributed by atoms with Crippen LogP contribution in [0.1, 0.15) is 12.6 Å². The van der Waals surface area contributed by atoms with Crippen molar-refractivity contribution in [3.63, 3.8) is 0 Å². The highest BCUT2D eigenvalue weighted by atomic mass is 32.1. The molecule has 2 heterocycles. The average molecular weight is 341 g/mol. The van der Waals surface area contributed by atoms with Gasteiger partial charge in [0.1, 0.15) is 5.75 Å². The van der Waals surface area contributed by atoms with Crippen molar-refractivity contribution in [1.29, 1.82) is 0 Å². The summed E-state index contributed by atoms with van der Waals surface area (Å²) in [5.41, 5.74) is 1.86. The minimum absolute atomic E-state index is 0.165. The molecule has 0 radical (unpaired) electrons. The summed E-state index contributed by atoms with van der Waals surface area (Å²) in [4.78, 5) is 13.3. The van der Waals surface area contributed by atoms with Gasteiger partial charge in [-0.3, -0.25) is 9.48 Å². The molecule has 0 fully saturated rings. The first-order chi connectivity index (χ1) is 11.6. The Labute approximate surface area is 144 Å². The van der Waals surface area contributed by atoms with E-state index < -0.39 is 6.10 Å². The molecule has 124 valence electrons. The first-order valence-corrected chi connectivity index (χ1v) is 8.57. The lowest BCUT2D eigenvalue weighted by molar-refractivity contribution is -0.127. The summed E-state index contributed by atoms with van der Waals surface area (Å²) in [5.74, 6) is 0.514. The molecule has 0 spiro atoms. The summed E-state index contributed by atoms with van der Waals surface area (Å²) in [5, 5.41) is 9.35. The minimum Gasteiger partial charge on any atom is -0.481 e. The number of hydrogen-bond donors (Lipinski definition) is 1. The van der Waals surface area contributed by atoms with Crippen LogP contribution in [0.4, 0.5) is 0 Å². The second-order valence-corrected chi connectivity index (χ2v) is 6.36. The van der Waals surface area contributed by atoms with E-state index in [0.717, 1.165) is 16.3 Å². The molecule has 1 aromatic carbocycles. The van der Waals surface area contributed by atoms with Crippen LogP contribution in [-0.2, 0) is 18.4 Å². The number of ether oxygens (including phenoxy) is 1. The molecule has 0 aliphatic heterocycles. The number of benzene rings is 1. The Morgan fingerprint density at radius 2 is 2.08 bits per heavy atom. The SMILES string of the molecule is C[C@H](Oc1ccccc1)C(=O)NCc1cc(-c2cccs2)n(C)n1. The second kappa shape index (κ2) is 7.31. The van der Waals surface area contributed by atoms with Crippen LogP contribution >= 0.6 is 11.3 Å². The number of aromatic nitrogens is 2. The molecule has 3 rings (SSSR count). The third-order valence-corrected chi connectivity index (χ3v) is 4.47. The molecule has 2 aromatic heterocycles. The van der Waals surface area contributed by atoms with Crippen LogP contribution in [0.25, 0.3) is 10.6 Å². The molecule has 1 amide bonds. The van der Waals surface area contributed by atoms with Gasteiger partial charge in [0.25, 0.3) is 5.91 Å². The van der Waals surface area contributed by atoms with E-state index in [1.807, 2.05) is 59.6 Å². The van der Waals surface area contributed by atoms with E-state index in [0.29, 0.717) is 12.3 Å². The first kappa shape index (κ1) is 16.3. The quantitative estimate of drug-likeness (QED) is 0.749. The molecular weight excluding hydrogens is 322 g/mol. The predicted octanol–water partition coefficient (Wildman–Crippen LogP) is 3.23. The van der Waals surface area contributed by atoms with Gasteiger partial charge in [-0.15, -0.1) is 11.3 Å². The number of aryl methyl sites for hydroxylation is 1. The Bertz CT molecular complexity index is 797. The summed E-state index contributed by atoms with van der Waals surface area (Å²) in [6, 6.07) is 15.4. The normalized spacial score (nSPS) is 11.9. The van der Waals surface area contributed by atoms with Gasteiger partial charge in [-0.25, -0.2) is 0 Å². The minimum atomic E-state index is -0.562. The summed E-state index contributed by atoms with van der Waals surface area (Å²) in [6.07, 6.45) is -0.562. The summed E-state index contributed by atoms with van der Waals surface area (Å²) >= 11 is 1.67. The highest BCUT2D eigenvalue weighted by Gasteiger charge is 2.15. The number of carbonyl (C=O) groups excluding carboxylic acids is 1. The number of para-hydroxylation sites is 1. The molecule has 1 N–H and O–H groups in total. The van der Waals surface area contributed by atoms with Crippen molar-refractivity contribution in [2.24, 2.45) is 7.05 Å². The van der Waals surface area contributed by atoms with E-state index in [1.54, 1.807) is 18.3 Å². The number of hydrogen-bond acceptors (Lipinski definition) is 4. The van der Waals surface area contributed by atoms with Crippen molar-refractivity contribution < 1.29 is 9.53 Å². The van der Waals surface area contributed by atoms with E-state index in [-0.39, 0.29) is 5.91 Å².